The van der Waals surface area contributed by atoms with Crippen molar-refractivity contribution in [2.45, 2.75) is 12.8 Å². The van der Waals surface area contributed by atoms with Gasteiger partial charge in [0, 0.05) is 36.7 Å². The molecule has 0 saturated carbocycles. The molecule has 0 aliphatic rings. The van der Waals surface area contributed by atoms with Gasteiger partial charge in [0.2, 0.25) is 0 Å². The lowest BCUT2D eigenvalue weighted by molar-refractivity contribution is -0.137. The number of nitrogens with one attached hydrogen (secondary N) is 2. The summed E-state index contributed by atoms with van der Waals surface area (Å²) in [6.07, 6.45) is 2.03. The lowest BCUT2D eigenvalue weighted by atomic mass is 10.1. The van der Waals surface area contributed by atoms with Crippen molar-refractivity contribution in [1.29, 1.82) is 0 Å². The van der Waals surface area contributed by atoms with E-state index in [1.807, 2.05) is 18.2 Å². The third-order valence-corrected chi connectivity index (χ3v) is 3.80. The van der Waals surface area contributed by atoms with Crippen LogP contribution >= 0.6 is 0 Å². The minimum Gasteiger partial charge on any atom is -0.481 e. The van der Waals surface area contributed by atoms with Gasteiger partial charge in [-0.05, 0) is 36.4 Å². The number of aliphatic carboxylic acids is 1. The summed E-state index contributed by atoms with van der Waals surface area (Å²) in [5.74, 6) is 0.308. The molecule has 3 N–H and O–H groups in total. The van der Waals surface area contributed by atoms with E-state index >= 15 is 0 Å². The third kappa shape index (κ3) is 4.60. The first-order valence-corrected chi connectivity index (χ1v) is 8.29. The van der Waals surface area contributed by atoms with E-state index in [-0.39, 0.29) is 12.3 Å². The second-order valence-corrected chi connectivity index (χ2v) is 5.76. The Morgan fingerprint density at radius 2 is 2.00 bits per heavy atom. The second-order valence-electron chi connectivity index (χ2n) is 5.76. The number of aromatic nitrogens is 1. The number of carboxylic acid groups (broad SMARTS) is 1. The SMILES string of the molecule is O=C(O)CCc1cc2cc(C(=O)NCCNc3ccccn3)ccc2o1. The average Bonchev–Trinajstić information content (AvgIpc) is 3.06. The fourth-order valence-corrected chi connectivity index (χ4v) is 2.53. The minimum atomic E-state index is -0.871. The van der Waals surface area contributed by atoms with Crippen LogP contribution in [0.2, 0.25) is 0 Å². The molecule has 0 spiro atoms. The summed E-state index contributed by atoms with van der Waals surface area (Å²) < 4.78 is 5.59. The van der Waals surface area contributed by atoms with Crippen LogP contribution in [0, 0.1) is 0 Å². The molecule has 0 unspecified atom stereocenters. The third-order valence-electron chi connectivity index (χ3n) is 3.80. The molecule has 0 bridgehead atoms. The maximum absolute atomic E-state index is 12.3. The van der Waals surface area contributed by atoms with Gasteiger partial charge in [-0.15, -0.1) is 0 Å². The first-order valence-electron chi connectivity index (χ1n) is 8.29. The Kier molecular flexibility index (Phi) is 5.48. The summed E-state index contributed by atoms with van der Waals surface area (Å²) in [6, 6.07) is 12.5. The predicted molar refractivity (Wildman–Crippen MR) is 97.2 cm³/mol. The van der Waals surface area contributed by atoms with E-state index in [9.17, 15) is 9.59 Å². The summed E-state index contributed by atoms with van der Waals surface area (Å²) in [5.41, 5.74) is 1.17. The minimum absolute atomic E-state index is 0.0104. The van der Waals surface area contributed by atoms with Crippen molar-refractivity contribution in [2.75, 3.05) is 18.4 Å². The first kappa shape index (κ1) is 17.5. The van der Waals surface area contributed by atoms with E-state index in [0.29, 0.717) is 36.4 Å². The Balaban J connectivity index is 1.55. The smallest absolute Gasteiger partial charge is 0.303 e. The van der Waals surface area contributed by atoms with Crippen LogP contribution in [0.25, 0.3) is 11.0 Å². The molecule has 2 aromatic heterocycles. The molecule has 1 amide bonds. The van der Waals surface area contributed by atoms with Crippen molar-refractivity contribution in [1.82, 2.24) is 10.3 Å². The Hall–Kier alpha value is -3.35. The van der Waals surface area contributed by atoms with Crippen molar-refractivity contribution in [3.8, 4) is 0 Å². The summed E-state index contributed by atoms with van der Waals surface area (Å²) >= 11 is 0. The molecule has 1 aromatic carbocycles. The van der Waals surface area contributed by atoms with E-state index in [2.05, 4.69) is 15.6 Å². The van der Waals surface area contributed by atoms with E-state index < -0.39 is 5.97 Å². The van der Waals surface area contributed by atoms with Crippen LogP contribution in [-0.4, -0.2) is 35.1 Å². The largest absolute Gasteiger partial charge is 0.481 e. The number of fused-ring (bicyclic) bond motifs is 1. The van der Waals surface area contributed by atoms with Crippen molar-refractivity contribution in [3.05, 3.63) is 60.0 Å². The number of aryl methyl sites for hydroxylation is 1. The van der Waals surface area contributed by atoms with Crippen LogP contribution in [0.4, 0.5) is 5.82 Å². The van der Waals surface area contributed by atoms with Gasteiger partial charge < -0.3 is 20.2 Å². The molecule has 0 radical (unpaired) electrons. The number of benzene rings is 1. The normalized spacial score (nSPS) is 10.6. The molecule has 2 heterocycles. The van der Waals surface area contributed by atoms with E-state index in [1.54, 1.807) is 30.5 Å². The summed E-state index contributed by atoms with van der Waals surface area (Å²) in [5, 5.41) is 15.5. The topological polar surface area (TPSA) is 104 Å². The zero-order valence-corrected chi connectivity index (χ0v) is 14.1. The Morgan fingerprint density at radius 3 is 2.77 bits per heavy atom. The van der Waals surface area contributed by atoms with Gasteiger partial charge >= 0.3 is 5.97 Å². The molecular weight excluding hydrogens is 334 g/mol. The van der Waals surface area contributed by atoms with Crippen molar-refractivity contribution >= 4 is 28.7 Å². The lowest BCUT2D eigenvalue weighted by Gasteiger charge is -2.07. The van der Waals surface area contributed by atoms with Crippen LogP contribution in [-0.2, 0) is 11.2 Å². The van der Waals surface area contributed by atoms with Crippen molar-refractivity contribution < 1.29 is 19.1 Å². The molecule has 0 saturated heterocycles. The molecule has 0 aliphatic carbocycles. The number of carboxylic acids is 1. The number of hydrogen-bond acceptors (Lipinski definition) is 5. The Morgan fingerprint density at radius 1 is 1.12 bits per heavy atom. The highest BCUT2D eigenvalue weighted by molar-refractivity contribution is 5.97. The van der Waals surface area contributed by atoms with Gasteiger partial charge in [-0.1, -0.05) is 6.07 Å². The van der Waals surface area contributed by atoms with E-state index in [1.165, 1.54) is 0 Å². The van der Waals surface area contributed by atoms with Crippen LogP contribution in [0.3, 0.4) is 0 Å². The number of furan rings is 1. The van der Waals surface area contributed by atoms with Gasteiger partial charge in [0.1, 0.15) is 17.2 Å². The van der Waals surface area contributed by atoms with Gasteiger partial charge in [-0.25, -0.2) is 4.98 Å². The number of nitrogens with zero attached hydrogens (tertiary/aromatic N) is 1. The number of carbonyl (C=O) groups excluding carboxylic acids is 1. The summed E-state index contributed by atoms with van der Waals surface area (Å²) in [7, 11) is 0. The van der Waals surface area contributed by atoms with Crippen molar-refractivity contribution in [3.63, 3.8) is 0 Å². The first-order chi connectivity index (χ1) is 12.6. The van der Waals surface area contributed by atoms with Gasteiger partial charge in [0.25, 0.3) is 5.91 Å². The quantitative estimate of drug-likeness (QED) is 0.538. The van der Waals surface area contributed by atoms with Crippen LogP contribution in [0.15, 0.2) is 53.1 Å². The van der Waals surface area contributed by atoms with Gasteiger partial charge in [0.05, 0.1) is 6.42 Å². The number of rotatable bonds is 8. The molecule has 0 atom stereocenters. The van der Waals surface area contributed by atoms with Gasteiger partial charge in [-0.2, -0.15) is 0 Å². The molecule has 0 fully saturated rings. The fraction of sp³-hybridized carbons (Fsp3) is 0.211. The molecular formula is C19H19N3O4. The maximum Gasteiger partial charge on any atom is 0.303 e. The number of carbonyl (C=O) groups is 2. The van der Waals surface area contributed by atoms with Gasteiger partial charge in [-0.3, -0.25) is 9.59 Å². The molecule has 7 heteroatoms. The zero-order valence-electron chi connectivity index (χ0n) is 14.1. The number of pyridine rings is 1. The van der Waals surface area contributed by atoms with Crippen molar-refractivity contribution in [2.24, 2.45) is 0 Å². The number of hydrogen-bond donors (Lipinski definition) is 3. The average molecular weight is 353 g/mol. The molecule has 26 heavy (non-hydrogen) atoms. The maximum atomic E-state index is 12.3. The Labute approximate surface area is 150 Å². The van der Waals surface area contributed by atoms with Crippen LogP contribution in [0.5, 0.6) is 0 Å². The number of amides is 1. The standard InChI is InChI=1S/C19H19N3O4/c23-18(24)7-5-15-12-14-11-13(4-6-16(14)26-15)19(25)22-10-9-21-17-3-1-2-8-20-17/h1-4,6,8,11-12H,5,7,9-10H2,(H,20,21)(H,22,25)(H,23,24). The second kappa shape index (κ2) is 8.15. The summed E-state index contributed by atoms with van der Waals surface area (Å²) in [4.78, 5) is 27.0. The van der Waals surface area contributed by atoms with Gasteiger partial charge in [0.15, 0.2) is 0 Å². The molecule has 3 rings (SSSR count). The number of anilines is 1. The molecule has 0 aliphatic heterocycles. The highest BCUT2D eigenvalue weighted by Gasteiger charge is 2.10. The Bertz CT molecular complexity index is 906. The van der Waals surface area contributed by atoms with E-state index in [4.69, 9.17) is 9.52 Å². The molecule has 134 valence electrons. The van der Waals surface area contributed by atoms with E-state index in [0.717, 1.165) is 11.2 Å². The summed E-state index contributed by atoms with van der Waals surface area (Å²) in [6.45, 7) is 1.03. The lowest BCUT2D eigenvalue weighted by Crippen LogP contribution is -2.28. The zero-order chi connectivity index (χ0) is 18.4. The monoisotopic (exact) mass is 353 g/mol. The highest BCUT2D eigenvalue weighted by atomic mass is 16.4. The highest BCUT2D eigenvalue weighted by Crippen LogP contribution is 2.21. The molecule has 3 aromatic rings. The van der Waals surface area contributed by atoms with Crippen LogP contribution in [0.1, 0.15) is 22.5 Å². The van der Waals surface area contributed by atoms with Crippen LogP contribution < -0.4 is 10.6 Å². The molecule has 7 nitrogen and oxygen atoms in total. The fourth-order valence-electron chi connectivity index (χ4n) is 2.53. The predicted octanol–water partition coefficient (Wildman–Crippen LogP) is 2.69.